The number of halogens is 1. The van der Waals surface area contributed by atoms with Crippen LogP contribution in [0.5, 0.6) is 0 Å². The first-order valence-corrected chi connectivity index (χ1v) is 10.5. The minimum Gasteiger partial charge on any atom is -0.349 e. The van der Waals surface area contributed by atoms with Gasteiger partial charge in [-0.25, -0.2) is 12.8 Å². The molecule has 0 aliphatic carbocycles. The minimum absolute atomic E-state index is 0.238. The lowest BCUT2D eigenvalue weighted by Gasteiger charge is -2.32. The Hall–Kier alpha value is -2.41. The molecule has 146 valence electrons. The zero-order valence-corrected chi connectivity index (χ0v) is 16.8. The second-order valence-corrected chi connectivity index (χ2v) is 9.11. The molecule has 0 radical (unpaired) electrons. The monoisotopic (exact) mass is 392 g/mol. The summed E-state index contributed by atoms with van der Waals surface area (Å²) in [6.07, 6.45) is 1.62. The van der Waals surface area contributed by atoms with E-state index in [0.717, 1.165) is 28.3 Å². The molecule has 0 fully saturated rings. The van der Waals surface area contributed by atoms with Crippen molar-refractivity contribution in [1.29, 1.82) is 0 Å². The average molecular weight is 392 g/mol. The van der Waals surface area contributed by atoms with Crippen LogP contribution in [0.3, 0.4) is 0 Å². The van der Waals surface area contributed by atoms with E-state index >= 15 is 0 Å². The van der Waals surface area contributed by atoms with Gasteiger partial charge in [0.1, 0.15) is 11.9 Å². The fourth-order valence-corrected chi connectivity index (χ4v) is 4.16. The van der Waals surface area contributed by atoms with Crippen molar-refractivity contribution in [3.63, 3.8) is 0 Å². The largest absolute Gasteiger partial charge is 0.349 e. The van der Waals surface area contributed by atoms with Crippen LogP contribution in [0, 0.1) is 5.82 Å². The van der Waals surface area contributed by atoms with Crippen LogP contribution in [0.2, 0.25) is 0 Å². The summed E-state index contributed by atoms with van der Waals surface area (Å²) >= 11 is 0. The van der Waals surface area contributed by atoms with Gasteiger partial charge in [0.05, 0.1) is 11.9 Å². The van der Waals surface area contributed by atoms with Crippen LogP contribution in [0.15, 0.2) is 54.6 Å². The average Bonchev–Trinajstić information content (AvgIpc) is 2.55. The Labute approximate surface area is 160 Å². The van der Waals surface area contributed by atoms with E-state index in [0.29, 0.717) is 6.42 Å². The van der Waals surface area contributed by atoms with Gasteiger partial charge in [-0.1, -0.05) is 30.3 Å². The summed E-state index contributed by atoms with van der Waals surface area (Å²) in [6, 6.07) is 13.7. The maximum Gasteiger partial charge on any atom is 0.244 e. The molecule has 1 N–H and O–H groups in total. The number of sulfonamides is 1. The van der Waals surface area contributed by atoms with E-state index in [1.54, 1.807) is 0 Å². The molecule has 2 rings (SSSR count). The fraction of sp³-hybridized carbons (Fsp3) is 0.350. The SMILES string of the molecule is CC(C(=O)NC(C)(C)Cc1ccccc1)N(c1ccc(F)cc1)S(C)(=O)=O. The van der Waals surface area contributed by atoms with Crippen LogP contribution in [0.25, 0.3) is 0 Å². The second-order valence-electron chi connectivity index (χ2n) is 7.25. The van der Waals surface area contributed by atoms with Crippen molar-refractivity contribution in [2.24, 2.45) is 0 Å². The lowest BCUT2D eigenvalue weighted by molar-refractivity contribution is -0.123. The molecule has 0 bridgehead atoms. The highest BCUT2D eigenvalue weighted by Crippen LogP contribution is 2.22. The molecular weight excluding hydrogens is 367 g/mol. The highest BCUT2D eigenvalue weighted by atomic mass is 32.2. The smallest absolute Gasteiger partial charge is 0.244 e. The van der Waals surface area contributed by atoms with Gasteiger partial charge in [-0.05, 0) is 57.0 Å². The van der Waals surface area contributed by atoms with E-state index in [1.165, 1.54) is 19.1 Å². The number of carbonyl (C=O) groups is 1. The van der Waals surface area contributed by atoms with Gasteiger partial charge in [-0.15, -0.1) is 0 Å². The van der Waals surface area contributed by atoms with Crippen LogP contribution < -0.4 is 9.62 Å². The van der Waals surface area contributed by atoms with Crippen molar-refractivity contribution < 1.29 is 17.6 Å². The molecule has 1 amide bonds. The topological polar surface area (TPSA) is 66.5 Å². The van der Waals surface area contributed by atoms with Crippen molar-refractivity contribution in [2.45, 2.75) is 38.8 Å². The number of benzene rings is 2. The quantitative estimate of drug-likeness (QED) is 0.787. The number of amides is 1. The third-order valence-corrected chi connectivity index (χ3v) is 5.36. The summed E-state index contributed by atoms with van der Waals surface area (Å²) in [5.41, 5.74) is 0.731. The third-order valence-electron chi connectivity index (χ3n) is 4.12. The number of nitrogens with zero attached hydrogens (tertiary/aromatic N) is 1. The van der Waals surface area contributed by atoms with E-state index in [1.807, 2.05) is 44.2 Å². The number of hydrogen-bond donors (Lipinski definition) is 1. The molecule has 0 spiro atoms. The number of nitrogens with one attached hydrogen (secondary N) is 1. The Balaban J connectivity index is 2.20. The predicted molar refractivity (Wildman–Crippen MR) is 106 cm³/mol. The molecule has 0 aliphatic heterocycles. The van der Waals surface area contributed by atoms with E-state index in [-0.39, 0.29) is 5.69 Å². The first-order valence-electron chi connectivity index (χ1n) is 8.60. The maximum atomic E-state index is 13.2. The normalized spacial score (nSPS) is 13.1. The Morgan fingerprint density at radius 3 is 2.19 bits per heavy atom. The van der Waals surface area contributed by atoms with E-state index in [4.69, 9.17) is 0 Å². The summed E-state index contributed by atoms with van der Waals surface area (Å²) in [4.78, 5) is 12.8. The number of rotatable bonds is 7. The molecule has 0 saturated heterocycles. The first-order chi connectivity index (χ1) is 12.5. The fourth-order valence-electron chi connectivity index (χ4n) is 2.99. The summed E-state index contributed by atoms with van der Waals surface area (Å²) in [5, 5.41) is 2.92. The van der Waals surface area contributed by atoms with Crippen LogP contribution >= 0.6 is 0 Å². The number of anilines is 1. The molecule has 0 aromatic heterocycles. The summed E-state index contributed by atoms with van der Waals surface area (Å²) in [7, 11) is -3.74. The molecule has 27 heavy (non-hydrogen) atoms. The molecule has 5 nitrogen and oxygen atoms in total. The highest BCUT2D eigenvalue weighted by Gasteiger charge is 2.32. The van der Waals surface area contributed by atoms with Crippen LogP contribution in [0.1, 0.15) is 26.3 Å². The summed E-state index contributed by atoms with van der Waals surface area (Å²) in [6.45, 7) is 5.28. The third kappa shape index (κ3) is 5.79. The van der Waals surface area contributed by atoms with E-state index < -0.39 is 33.3 Å². The summed E-state index contributed by atoms with van der Waals surface area (Å²) < 4.78 is 38.7. The molecule has 2 aromatic rings. The van der Waals surface area contributed by atoms with Crippen molar-refractivity contribution in [3.8, 4) is 0 Å². The van der Waals surface area contributed by atoms with Crippen LogP contribution in [-0.4, -0.2) is 32.2 Å². The maximum absolute atomic E-state index is 13.2. The Morgan fingerprint density at radius 2 is 1.67 bits per heavy atom. The Kier molecular flexibility index (Phi) is 6.26. The molecule has 2 aromatic carbocycles. The molecular formula is C20H25FN2O3S. The van der Waals surface area contributed by atoms with Gasteiger partial charge in [0.25, 0.3) is 0 Å². The predicted octanol–water partition coefficient (Wildman–Crippen LogP) is 3.12. The van der Waals surface area contributed by atoms with Gasteiger partial charge >= 0.3 is 0 Å². The van der Waals surface area contributed by atoms with Crippen molar-refractivity contribution >= 4 is 21.6 Å². The Morgan fingerprint density at radius 1 is 1.11 bits per heavy atom. The molecule has 7 heteroatoms. The van der Waals surface area contributed by atoms with Gasteiger partial charge < -0.3 is 5.32 Å². The molecule has 1 atom stereocenters. The summed E-state index contributed by atoms with van der Waals surface area (Å²) in [5.74, 6) is -0.904. The van der Waals surface area contributed by atoms with E-state index in [2.05, 4.69) is 5.32 Å². The Bertz CT molecular complexity index is 881. The van der Waals surface area contributed by atoms with Gasteiger partial charge in [-0.2, -0.15) is 0 Å². The zero-order valence-electron chi connectivity index (χ0n) is 15.9. The second kappa shape index (κ2) is 8.08. The van der Waals surface area contributed by atoms with Crippen LogP contribution in [0.4, 0.5) is 10.1 Å². The lowest BCUT2D eigenvalue weighted by Crippen LogP contribution is -2.54. The lowest BCUT2D eigenvalue weighted by atomic mass is 9.94. The van der Waals surface area contributed by atoms with Crippen LogP contribution in [-0.2, 0) is 21.2 Å². The minimum atomic E-state index is -3.74. The molecule has 0 saturated carbocycles. The van der Waals surface area contributed by atoms with Gasteiger partial charge in [0.2, 0.25) is 15.9 Å². The van der Waals surface area contributed by atoms with Crippen molar-refractivity contribution in [3.05, 3.63) is 66.0 Å². The highest BCUT2D eigenvalue weighted by molar-refractivity contribution is 7.92. The first kappa shape index (κ1) is 20.9. The number of hydrogen-bond acceptors (Lipinski definition) is 3. The van der Waals surface area contributed by atoms with E-state index in [9.17, 15) is 17.6 Å². The molecule has 0 heterocycles. The van der Waals surface area contributed by atoms with Gasteiger partial charge in [-0.3, -0.25) is 9.10 Å². The zero-order chi connectivity index (χ0) is 20.2. The van der Waals surface area contributed by atoms with Gasteiger partial charge in [0.15, 0.2) is 0 Å². The van der Waals surface area contributed by atoms with Gasteiger partial charge in [0, 0.05) is 5.54 Å². The van der Waals surface area contributed by atoms with Crippen molar-refractivity contribution in [2.75, 3.05) is 10.6 Å². The molecule has 1 unspecified atom stereocenters. The van der Waals surface area contributed by atoms with Crippen molar-refractivity contribution in [1.82, 2.24) is 5.32 Å². The standard InChI is InChI=1S/C20H25FN2O3S/c1-15(23(27(4,25)26)18-12-10-17(21)11-13-18)19(24)22-20(2,3)14-16-8-6-5-7-9-16/h5-13,15H,14H2,1-4H3,(H,22,24). The molecule has 0 aliphatic rings. The number of carbonyl (C=O) groups excluding carboxylic acids is 1.